The quantitative estimate of drug-likeness (QED) is 0.825. The van der Waals surface area contributed by atoms with Crippen molar-refractivity contribution in [2.45, 2.75) is 45.4 Å². The van der Waals surface area contributed by atoms with Crippen LogP contribution in [-0.4, -0.2) is 10.2 Å². The molecule has 2 heteroatoms. The molecule has 2 aromatic rings. The Balaban J connectivity index is 2.10. The number of hydrogen-bond acceptors (Lipinski definition) is 1. The lowest BCUT2D eigenvalue weighted by molar-refractivity contribution is 0.403. The van der Waals surface area contributed by atoms with Gasteiger partial charge in [-0.25, -0.2) is 0 Å². The van der Waals surface area contributed by atoms with Crippen LogP contribution in [0.15, 0.2) is 30.3 Å². The summed E-state index contributed by atoms with van der Waals surface area (Å²) in [6.07, 6.45) is 2.55. The summed E-state index contributed by atoms with van der Waals surface area (Å²) in [5, 5.41) is 7.96. The molecule has 0 spiro atoms. The van der Waals surface area contributed by atoms with Crippen molar-refractivity contribution >= 4 is 0 Å². The molecule has 0 amide bonds. The largest absolute Gasteiger partial charge is 0.281 e. The molecule has 0 saturated heterocycles. The van der Waals surface area contributed by atoms with Crippen LogP contribution in [0.1, 0.15) is 56.7 Å². The molecule has 1 aliphatic carbocycles. The van der Waals surface area contributed by atoms with Gasteiger partial charge in [0.25, 0.3) is 0 Å². The van der Waals surface area contributed by atoms with Crippen LogP contribution in [0.25, 0.3) is 11.3 Å². The Morgan fingerprint density at radius 2 is 1.89 bits per heavy atom. The fourth-order valence-electron chi connectivity index (χ4n) is 3.35. The zero-order valence-corrected chi connectivity index (χ0v) is 12.0. The van der Waals surface area contributed by atoms with Crippen LogP contribution in [0.2, 0.25) is 0 Å². The topological polar surface area (TPSA) is 28.7 Å². The summed E-state index contributed by atoms with van der Waals surface area (Å²) in [5.41, 5.74) is 5.23. The summed E-state index contributed by atoms with van der Waals surface area (Å²) in [4.78, 5) is 0. The maximum absolute atomic E-state index is 4.63. The normalized spacial score (nSPS) is 22.5. The summed E-state index contributed by atoms with van der Waals surface area (Å²) in [5.74, 6) is 1.92. The molecule has 0 aliphatic heterocycles. The van der Waals surface area contributed by atoms with E-state index in [2.05, 4.69) is 61.3 Å². The highest BCUT2D eigenvalue weighted by molar-refractivity contribution is 5.65. The molecule has 0 radical (unpaired) electrons. The molecule has 0 bridgehead atoms. The van der Waals surface area contributed by atoms with Crippen LogP contribution in [0.5, 0.6) is 0 Å². The molecule has 0 saturated carbocycles. The van der Waals surface area contributed by atoms with Crippen molar-refractivity contribution < 1.29 is 0 Å². The molecule has 100 valence electrons. The molecule has 1 aromatic carbocycles. The third kappa shape index (κ3) is 2.09. The molecule has 1 aromatic heterocycles. The fourth-order valence-corrected chi connectivity index (χ4v) is 3.35. The third-order valence-electron chi connectivity index (χ3n) is 4.46. The van der Waals surface area contributed by atoms with E-state index in [0.29, 0.717) is 17.8 Å². The van der Waals surface area contributed by atoms with Gasteiger partial charge in [-0.3, -0.25) is 5.10 Å². The van der Waals surface area contributed by atoms with E-state index in [-0.39, 0.29) is 0 Å². The maximum Gasteiger partial charge on any atom is 0.0958 e. The molecule has 0 fully saturated rings. The second-order valence-corrected chi connectivity index (χ2v) is 6.09. The first-order valence-electron chi connectivity index (χ1n) is 7.32. The van der Waals surface area contributed by atoms with Crippen LogP contribution >= 0.6 is 0 Å². The van der Waals surface area contributed by atoms with Gasteiger partial charge in [-0.15, -0.1) is 0 Å². The summed E-state index contributed by atoms with van der Waals surface area (Å²) in [6.45, 7) is 6.96. The maximum atomic E-state index is 4.63. The smallest absolute Gasteiger partial charge is 0.0958 e. The van der Waals surface area contributed by atoms with Gasteiger partial charge in [0.1, 0.15) is 0 Å². The Morgan fingerprint density at radius 3 is 2.58 bits per heavy atom. The van der Waals surface area contributed by atoms with Gasteiger partial charge in [0.15, 0.2) is 0 Å². The van der Waals surface area contributed by atoms with Crippen molar-refractivity contribution in [1.29, 1.82) is 0 Å². The summed E-state index contributed by atoms with van der Waals surface area (Å²) in [6, 6.07) is 10.5. The first-order chi connectivity index (χ1) is 9.18. The number of aromatic nitrogens is 2. The minimum absolute atomic E-state index is 0.610. The zero-order valence-electron chi connectivity index (χ0n) is 12.0. The van der Waals surface area contributed by atoms with Gasteiger partial charge < -0.3 is 0 Å². The van der Waals surface area contributed by atoms with E-state index in [4.69, 9.17) is 0 Å². The highest BCUT2D eigenvalue weighted by Crippen LogP contribution is 2.44. The van der Waals surface area contributed by atoms with Gasteiger partial charge in [-0.2, -0.15) is 5.10 Å². The van der Waals surface area contributed by atoms with E-state index >= 15 is 0 Å². The van der Waals surface area contributed by atoms with E-state index in [9.17, 15) is 0 Å². The molecule has 19 heavy (non-hydrogen) atoms. The Labute approximate surface area is 115 Å². The zero-order chi connectivity index (χ0) is 13.4. The molecule has 1 aliphatic rings. The number of hydrogen-bond donors (Lipinski definition) is 1. The number of nitrogens with one attached hydrogen (secondary N) is 1. The SMILES string of the molecule is CC(C)[C@H]1CC[C@@H](C)c2c(-c3ccccc3)n[nH]c21. The molecule has 0 unspecified atom stereocenters. The lowest BCUT2D eigenvalue weighted by Crippen LogP contribution is -2.16. The minimum Gasteiger partial charge on any atom is -0.281 e. The van der Waals surface area contributed by atoms with Crippen LogP contribution in [0.4, 0.5) is 0 Å². The minimum atomic E-state index is 0.610. The molecule has 1 heterocycles. The van der Waals surface area contributed by atoms with Crippen molar-refractivity contribution in [2.75, 3.05) is 0 Å². The average molecular weight is 254 g/mol. The van der Waals surface area contributed by atoms with E-state index in [1.54, 1.807) is 0 Å². The fraction of sp³-hybridized carbons (Fsp3) is 0.471. The number of benzene rings is 1. The first kappa shape index (κ1) is 12.5. The van der Waals surface area contributed by atoms with Gasteiger partial charge >= 0.3 is 0 Å². The van der Waals surface area contributed by atoms with E-state index in [1.807, 2.05) is 0 Å². The van der Waals surface area contributed by atoms with E-state index < -0.39 is 0 Å². The molecule has 3 rings (SSSR count). The van der Waals surface area contributed by atoms with Crippen molar-refractivity contribution in [2.24, 2.45) is 5.92 Å². The Hall–Kier alpha value is -1.57. The molecular weight excluding hydrogens is 232 g/mol. The molecule has 2 atom stereocenters. The second-order valence-electron chi connectivity index (χ2n) is 6.09. The van der Waals surface area contributed by atoms with E-state index in [1.165, 1.54) is 29.7 Å². The van der Waals surface area contributed by atoms with Gasteiger partial charge in [-0.05, 0) is 24.7 Å². The molecule has 1 N–H and O–H groups in total. The predicted octanol–water partition coefficient (Wildman–Crippen LogP) is 4.71. The Bertz CT molecular complexity index is 554. The van der Waals surface area contributed by atoms with Crippen LogP contribution < -0.4 is 0 Å². The number of aromatic amines is 1. The summed E-state index contributed by atoms with van der Waals surface area (Å²) in [7, 11) is 0. The van der Waals surface area contributed by atoms with Gasteiger partial charge in [0.05, 0.1) is 5.69 Å². The van der Waals surface area contributed by atoms with Gasteiger partial charge in [0, 0.05) is 22.7 Å². The number of rotatable bonds is 2. The van der Waals surface area contributed by atoms with Crippen molar-refractivity contribution in [3.8, 4) is 11.3 Å². The summed E-state index contributed by atoms with van der Waals surface area (Å²) >= 11 is 0. The van der Waals surface area contributed by atoms with Crippen LogP contribution in [0, 0.1) is 5.92 Å². The monoisotopic (exact) mass is 254 g/mol. The van der Waals surface area contributed by atoms with Crippen molar-refractivity contribution in [3.63, 3.8) is 0 Å². The number of nitrogens with zero attached hydrogens (tertiary/aromatic N) is 1. The highest BCUT2D eigenvalue weighted by Gasteiger charge is 2.31. The van der Waals surface area contributed by atoms with Gasteiger partial charge in [-0.1, -0.05) is 51.1 Å². The van der Waals surface area contributed by atoms with Gasteiger partial charge in [0.2, 0.25) is 0 Å². The van der Waals surface area contributed by atoms with Crippen LogP contribution in [-0.2, 0) is 0 Å². The average Bonchev–Trinajstić information content (AvgIpc) is 2.85. The standard InChI is InChI=1S/C17H22N2/c1-11(2)14-10-9-12(3)15-16(18-19-17(14)15)13-7-5-4-6-8-13/h4-8,11-12,14H,9-10H2,1-3H3,(H,18,19)/t12-,14-/m1/s1. The van der Waals surface area contributed by atoms with Crippen LogP contribution in [0.3, 0.4) is 0 Å². The highest BCUT2D eigenvalue weighted by atomic mass is 15.1. The Kier molecular flexibility index (Phi) is 3.17. The first-order valence-corrected chi connectivity index (χ1v) is 7.32. The van der Waals surface area contributed by atoms with Crippen molar-refractivity contribution in [1.82, 2.24) is 10.2 Å². The Morgan fingerprint density at radius 1 is 1.16 bits per heavy atom. The predicted molar refractivity (Wildman–Crippen MR) is 79.3 cm³/mol. The molecular formula is C17H22N2. The number of fused-ring (bicyclic) bond motifs is 1. The lowest BCUT2D eigenvalue weighted by Gasteiger charge is -2.29. The number of H-pyrrole nitrogens is 1. The summed E-state index contributed by atoms with van der Waals surface area (Å²) < 4.78 is 0. The second kappa shape index (κ2) is 4.84. The molecule has 2 nitrogen and oxygen atoms in total. The van der Waals surface area contributed by atoms with E-state index in [0.717, 1.165) is 5.69 Å². The van der Waals surface area contributed by atoms with Crippen molar-refractivity contribution in [3.05, 3.63) is 41.6 Å². The lowest BCUT2D eigenvalue weighted by atomic mass is 9.75. The third-order valence-corrected chi connectivity index (χ3v) is 4.46.